The predicted molar refractivity (Wildman–Crippen MR) is 131 cm³/mol. The lowest BCUT2D eigenvalue weighted by Gasteiger charge is -2.31. The Hall–Kier alpha value is -1.69. The Morgan fingerprint density at radius 3 is 2.42 bits per heavy atom. The maximum Gasteiger partial charge on any atom is 0.242 e. The molecule has 0 unspecified atom stereocenters. The van der Waals surface area contributed by atoms with E-state index < -0.39 is 6.04 Å². The van der Waals surface area contributed by atoms with E-state index in [4.69, 9.17) is 23.2 Å². The van der Waals surface area contributed by atoms with E-state index in [0.29, 0.717) is 35.2 Å². The smallest absolute Gasteiger partial charge is 0.242 e. The number of carbonyl (C=O) groups is 2. The van der Waals surface area contributed by atoms with Gasteiger partial charge in [0.15, 0.2) is 0 Å². The maximum absolute atomic E-state index is 13.2. The van der Waals surface area contributed by atoms with E-state index >= 15 is 0 Å². The summed E-state index contributed by atoms with van der Waals surface area (Å²) in [7, 11) is 0. The third-order valence-electron chi connectivity index (χ3n) is 4.90. The molecule has 0 aliphatic carbocycles. The molecule has 0 bridgehead atoms. The van der Waals surface area contributed by atoms with Gasteiger partial charge >= 0.3 is 0 Å². The minimum Gasteiger partial charge on any atom is -0.354 e. The van der Waals surface area contributed by atoms with Crippen molar-refractivity contribution in [2.24, 2.45) is 0 Å². The van der Waals surface area contributed by atoms with E-state index in [-0.39, 0.29) is 18.4 Å². The van der Waals surface area contributed by atoms with Crippen LogP contribution in [-0.2, 0) is 16.1 Å². The van der Waals surface area contributed by atoms with Gasteiger partial charge < -0.3 is 10.2 Å². The van der Waals surface area contributed by atoms with Crippen molar-refractivity contribution >= 4 is 46.8 Å². The molecule has 1 atom stereocenters. The fraction of sp³-hybridized carbons (Fsp3) is 0.417. The average molecular weight is 481 g/mol. The molecule has 0 radical (unpaired) electrons. The molecule has 1 N–H and O–H groups in total. The van der Waals surface area contributed by atoms with Gasteiger partial charge in [0.25, 0.3) is 0 Å². The number of carbonyl (C=O) groups excluding carboxylic acids is 2. The van der Waals surface area contributed by atoms with Gasteiger partial charge in [-0.3, -0.25) is 9.59 Å². The van der Waals surface area contributed by atoms with E-state index in [1.165, 1.54) is 5.56 Å². The van der Waals surface area contributed by atoms with Crippen molar-refractivity contribution in [2.75, 3.05) is 12.3 Å². The Labute approximate surface area is 199 Å². The van der Waals surface area contributed by atoms with Gasteiger partial charge in [-0.05, 0) is 49.6 Å². The molecule has 0 fully saturated rings. The third-order valence-corrected chi connectivity index (χ3v) is 6.50. The van der Waals surface area contributed by atoms with Crippen molar-refractivity contribution in [3.63, 3.8) is 0 Å². The van der Waals surface area contributed by atoms with Crippen molar-refractivity contribution in [1.82, 2.24) is 10.2 Å². The van der Waals surface area contributed by atoms with Crippen LogP contribution in [0.4, 0.5) is 0 Å². The van der Waals surface area contributed by atoms with Gasteiger partial charge in [0.2, 0.25) is 11.8 Å². The molecular weight excluding hydrogens is 451 g/mol. The summed E-state index contributed by atoms with van der Waals surface area (Å²) in [4.78, 5) is 28.8. The summed E-state index contributed by atoms with van der Waals surface area (Å²) >= 11 is 14.0. The van der Waals surface area contributed by atoms with Crippen LogP contribution in [0, 0.1) is 6.92 Å². The Balaban J connectivity index is 2.14. The molecule has 0 saturated heterocycles. The summed E-state index contributed by atoms with van der Waals surface area (Å²) in [5.74, 6) is 0.442. The monoisotopic (exact) mass is 480 g/mol. The lowest BCUT2D eigenvalue weighted by atomic mass is 10.1. The fourth-order valence-electron chi connectivity index (χ4n) is 3.15. The molecular formula is C24H30Cl2N2O2S. The highest BCUT2D eigenvalue weighted by atomic mass is 35.5. The number of thioether (sulfide) groups is 1. The van der Waals surface area contributed by atoms with Gasteiger partial charge in [-0.15, -0.1) is 11.8 Å². The first kappa shape index (κ1) is 25.6. The van der Waals surface area contributed by atoms with Crippen LogP contribution in [0.15, 0.2) is 47.4 Å². The van der Waals surface area contributed by atoms with Gasteiger partial charge in [-0.2, -0.15) is 0 Å². The number of halogens is 2. The number of hydrogen-bond acceptors (Lipinski definition) is 3. The van der Waals surface area contributed by atoms with Crippen LogP contribution in [0.1, 0.15) is 44.2 Å². The van der Waals surface area contributed by atoms with Crippen molar-refractivity contribution in [3.8, 4) is 0 Å². The van der Waals surface area contributed by atoms with E-state index in [9.17, 15) is 9.59 Å². The first-order chi connectivity index (χ1) is 14.8. The molecule has 4 nitrogen and oxygen atoms in total. The second-order valence-corrected chi connectivity index (χ2v) is 9.40. The standard InChI is InChI=1S/C24H30Cl2N2O2S/c1-4-13-27-24(30)22(5-2)28(16-18-8-9-19(25)15-21(18)26)23(29)12-14-31-20-10-6-17(3)7-11-20/h6-11,15,22H,4-5,12-14,16H2,1-3H3,(H,27,30)/t22-/m0/s1. The highest BCUT2D eigenvalue weighted by Crippen LogP contribution is 2.25. The fourth-order valence-corrected chi connectivity index (χ4v) is 4.46. The first-order valence-electron chi connectivity index (χ1n) is 10.6. The van der Waals surface area contributed by atoms with Crippen LogP contribution in [-0.4, -0.2) is 35.1 Å². The number of amides is 2. The molecule has 31 heavy (non-hydrogen) atoms. The maximum atomic E-state index is 13.2. The van der Waals surface area contributed by atoms with Gasteiger partial charge in [-0.25, -0.2) is 0 Å². The van der Waals surface area contributed by atoms with Crippen molar-refractivity contribution < 1.29 is 9.59 Å². The number of benzene rings is 2. The molecule has 0 aliphatic heterocycles. The summed E-state index contributed by atoms with van der Waals surface area (Å²) in [6, 6.07) is 12.9. The van der Waals surface area contributed by atoms with Crippen molar-refractivity contribution in [2.45, 2.75) is 57.5 Å². The second kappa shape index (κ2) is 13.0. The summed E-state index contributed by atoms with van der Waals surface area (Å²) in [5.41, 5.74) is 1.97. The Kier molecular flexibility index (Phi) is 10.7. The topological polar surface area (TPSA) is 49.4 Å². The Bertz CT molecular complexity index is 874. The lowest BCUT2D eigenvalue weighted by Crippen LogP contribution is -2.49. The summed E-state index contributed by atoms with van der Waals surface area (Å²) in [6.07, 6.45) is 1.70. The number of aryl methyl sites for hydroxylation is 1. The van der Waals surface area contributed by atoms with Crippen LogP contribution in [0.3, 0.4) is 0 Å². The van der Waals surface area contributed by atoms with Crippen LogP contribution in [0.25, 0.3) is 0 Å². The molecule has 7 heteroatoms. The number of rotatable bonds is 11. The van der Waals surface area contributed by atoms with Gasteiger partial charge in [0.05, 0.1) is 0 Å². The van der Waals surface area contributed by atoms with Crippen LogP contribution in [0.5, 0.6) is 0 Å². The largest absolute Gasteiger partial charge is 0.354 e. The lowest BCUT2D eigenvalue weighted by molar-refractivity contribution is -0.141. The molecule has 0 spiro atoms. The Morgan fingerprint density at radius 1 is 1.10 bits per heavy atom. The minimum atomic E-state index is -0.546. The molecule has 0 aromatic heterocycles. The molecule has 0 aliphatic rings. The number of nitrogens with zero attached hydrogens (tertiary/aromatic N) is 1. The molecule has 2 rings (SSSR count). The quantitative estimate of drug-likeness (QED) is 0.394. The predicted octanol–water partition coefficient (Wildman–Crippen LogP) is 6.12. The van der Waals surface area contributed by atoms with Gasteiger partial charge in [0, 0.05) is 40.2 Å². The zero-order valence-corrected chi connectivity index (χ0v) is 20.6. The van der Waals surface area contributed by atoms with Gasteiger partial charge in [0.1, 0.15) is 6.04 Å². The summed E-state index contributed by atoms with van der Waals surface area (Å²) in [5, 5.41) is 3.95. The molecule has 2 aromatic carbocycles. The molecule has 168 valence electrons. The zero-order valence-electron chi connectivity index (χ0n) is 18.3. The van der Waals surface area contributed by atoms with E-state index in [0.717, 1.165) is 16.9 Å². The molecule has 0 heterocycles. The van der Waals surface area contributed by atoms with E-state index in [2.05, 4.69) is 29.6 Å². The number of nitrogens with one attached hydrogen (secondary N) is 1. The van der Waals surface area contributed by atoms with E-state index in [1.54, 1.807) is 28.8 Å². The van der Waals surface area contributed by atoms with Crippen LogP contribution >= 0.6 is 35.0 Å². The average Bonchev–Trinajstić information content (AvgIpc) is 2.74. The molecule has 0 saturated carbocycles. The SMILES string of the molecule is CCCNC(=O)[C@H](CC)N(Cc1ccc(Cl)cc1Cl)C(=O)CCSc1ccc(C)cc1. The van der Waals surface area contributed by atoms with Crippen molar-refractivity contribution in [3.05, 3.63) is 63.6 Å². The van der Waals surface area contributed by atoms with E-state index in [1.807, 2.05) is 26.8 Å². The summed E-state index contributed by atoms with van der Waals surface area (Å²) < 4.78 is 0. The third kappa shape index (κ3) is 8.06. The molecule has 2 aromatic rings. The normalized spacial score (nSPS) is 11.8. The highest BCUT2D eigenvalue weighted by Gasteiger charge is 2.28. The number of hydrogen-bond donors (Lipinski definition) is 1. The van der Waals surface area contributed by atoms with Gasteiger partial charge in [-0.1, -0.05) is 60.8 Å². The van der Waals surface area contributed by atoms with Crippen LogP contribution in [0.2, 0.25) is 10.0 Å². The molecule has 2 amide bonds. The highest BCUT2D eigenvalue weighted by molar-refractivity contribution is 7.99. The van der Waals surface area contributed by atoms with Crippen LogP contribution < -0.4 is 5.32 Å². The summed E-state index contributed by atoms with van der Waals surface area (Å²) in [6.45, 7) is 6.82. The Morgan fingerprint density at radius 2 is 1.81 bits per heavy atom. The minimum absolute atomic E-state index is 0.0656. The van der Waals surface area contributed by atoms with Crippen molar-refractivity contribution in [1.29, 1.82) is 0 Å². The second-order valence-electron chi connectivity index (χ2n) is 7.38. The zero-order chi connectivity index (χ0) is 22.8. The first-order valence-corrected chi connectivity index (χ1v) is 12.3.